The van der Waals surface area contributed by atoms with E-state index in [4.69, 9.17) is 18.9 Å². The third-order valence-corrected chi connectivity index (χ3v) is 3.71. The Kier molecular flexibility index (Phi) is 7.11. The van der Waals surface area contributed by atoms with Crippen LogP contribution in [-0.2, 0) is 10.9 Å². The average molecular weight is 399 g/mol. The molecule has 152 valence electrons. The van der Waals surface area contributed by atoms with E-state index in [9.17, 15) is 18.0 Å². The smallest absolute Gasteiger partial charge is 0.416 e. The maximum Gasteiger partial charge on any atom is 0.416 e. The van der Waals surface area contributed by atoms with Gasteiger partial charge in [-0.1, -0.05) is 0 Å². The first-order valence-electron chi connectivity index (χ1n) is 8.16. The lowest BCUT2D eigenvalue weighted by molar-refractivity contribution is -0.137. The molecule has 0 bridgehead atoms. The first kappa shape index (κ1) is 21.4. The van der Waals surface area contributed by atoms with Crippen molar-refractivity contribution in [1.29, 1.82) is 0 Å². The van der Waals surface area contributed by atoms with Gasteiger partial charge in [-0.3, -0.25) is 4.79 Å². The molecule has 0 aliphatic heterocycles. The lowest BCUT2D eigenvalue weighted by Gasteiger charge is -2.16. The van der Waals surface area contributed by atoms with Crippen LogP contribution in [0, 0.1) is 0 Å². The Balaban J connectivity index is 2.35. The highest BCUT2D eigenvalue weighted by molar-refractivity contribution is 6.05. The fourth-order valence-electron chi connectivity index (χ4n) is 2.30. The Hall–Kier alpha value is -2.94. The topological polar surface area (TPSA) is 66.0 Å². The number of ether oxygens (including phenoxy) is 4. The van der Waals surface area contributed by atoms with Crippen LogP contribution in [0.15, 0.2) is 36.4 Å². The van der Waals surface area contributed by atoms with E-state index >= 15 is 0 Å². The highest BCUT2D eigenvalue weighted by Crippen LogP contribution is 2.35. The van der Waals surface area contributed by atoms with Crippen molar-refractivity contribution in [2.24, 2.45) is 0 Å². The number of amides is 1. The van der Waals surface area contributed by atoms with E-state index in [2.05, 4.69) is 5.32 Å². The third-order valence-electron chi connectivity index (χ3n) is 3.71. The van der Waals surface area contributed by atoms with Crippen molar-refractivity contribution in [3.63, 3.8) is 0 Å². The highest BCUT2D eigenvalue weighted by Gasteiger charge is 2.31. The molecule has 0 unspecified atom stereocenters. The Morgan fingerprint density at radius 3 is 2.14 bits per heavy atom. The van der Waals surface area contributed by atoms with Crippen LogP contribution < -0.4 is 19.5 Å². The van der Waals surface area contributed by atoms with Crippen molar-refractivity contribution in [2.45, 2.75) is 6.18 Å². The third kappa shape index (κ3) is 5.53. The first-order valence-corrected chi connectivity index (χ1v) is 8.16. The molecule has 28 heavy (non-hydrogen) atoms. The first-order chi connectivity index (χ1) is 13.3. The zero-order valence-electron chi connectivity index (χ0n) is 15.6. The highest BCUT2D eigenvalue weighted by atomic mass is 19.4. The fourth-order valence-corrected chi connectivity index (χ4v) is 2.30. The number of nitrogens with one attached hydrogen (secondary N) is 1. The quantitative estimate of drug-likeness (QED) is 0.680. The minimum absolute atomic E-state index is 0.0910. The second-order valence-corrected chi connectivity index (χ2v) is 5.61. The van der Waals surface area contributed by atoms with Crippen LogP contribution in [0.4, 0.5) is 18.9 Å². The lowest BCUT2D eigenvalue weighted by atomic mass is 10.1. The minimum Gasteiger partial charge on any atom is -0.497 e. The Morgan fingerprint density at radius 2 is 1.61 bits per heavy atom. The normalized spacial score (nSPS) is 11.1. The van der Waals surface area contributed by atoms with Crippen molar-refractivity contribution in [3.05, 3.63) is 47.5 Å². The predicted octanol–water partition coefficient (Wildman–Crippen LogP) is 4.00. The van der Waals surface area contributed by atoms with E-state index in [-0.39, 0.29) is 30.2 Å². The number of rotatable bonds is 8. The monoisotopic (exact) mass is 399 g/mol. The predicted molar refractivity (Wildman–Crippen MR) is 96.3 cm³/mol. The molecule has 0 fully saturated rings. The molecule has 0 aliphatic carbocycles. The number of methoxy groups -OCH3 is 3. The van der Waals surface area contributed by atoms with Crippen molar-refractivity contribution in [1.82, 2.24) is 0 Å². The number of carbonyl (C=O) groups is 1. The molecule has 1 N–H and O–H groups in total. The van der Waals surface area contributed by atoms with Crippen LogP contribution in [-0.4, -0.2) is 40.5 Å². The molecule has 0 radical (unpaired) electrons. The summed E-state index contributed by atoms with van der Waals surface area (Å²) in [4.78, 5) is 12.6. The SMILES string of the molecule is COCCOc1ccc(C(F)(F)F)cc1NC(=O)c1cc(OC)cc(OC)c1. The van der Waals surface area contributed by atoms with Gasteiger partial charge >= 0.3 is 6.18 Å². The van der Waals surface area contributed by atoms with Crippen molar-refractivity contribution < 1.29 is 36.9 Å². The van der Waals surface area contributed by atoms with Crippen LogP contribution in [0.1, 0.15) is 15.9 Å². The molecule has 0 spiro atoms. The van der Waals surface area contributed by atoms with Gasteiger partial charge in [-0.25, -0.2) is 0 Å². The summed E-state index contributed by atoms with van der Waals surface area (Å²) in [7, 11) is 4.31. The van der Waals surface area contributed by atoms with Gasteiger partial charge in [-0.2, -0.15) is 13.2 Å². The van der Waals surface area contributed by atoms with Gasteiger partial charge in [-0.15, -0.1) is 0 Å². The van der Waals surface area contributed by atoms with E-state index in [1.807, 2.05) is 0 Å². The molecule has 0 saturated carbocycles. The molecular formula is C19H20F3NO5. The molecule has 0 heterocycles. The summed E-state index contributed by atoms with van der Waals surface area (Å²) >= 11 is 0. The van der Waals surface area contributed by atoms with Crippen molar-refractivity contribution >= 4 is 11.6 Å². The van der Waals surface area contributed by atoms with E-state index in [1.165, 1.54) is 33.5 Å². The van der Waals surface area contributed by atoms with E-state index in [0.29, 0.717) is 11.5 Å². The van der Waals surface area contributed by atoms with Crippen LogP contribution in [0.3, 0.4) is 0 Å². The molecule has 6 nitrogen and oxygen atoms in total. The summed E-state index contributed by atoms with van der Waals surface area (Å²) in [5.74, 6) is 0.177. The molecule has 0 aromatic heterocycles. The van der Waals surface area contributed by atoms with Crippen LogP contribution in [0.25, 0.3) is 0 Å². The average Bonchev–Trinajstić information content (AvgIpc) is 2.67. The van der Waals surface area contributed by atoms with Crippen molar-refractivity contribution in [2.75, 3.05) is 39.9 Å². The molecule has 0 atom stereocenters. The number of hydrogen-bond acceptors (Lipinski definition) is 5. The van der Waals surface area contributed by atoms with E-state index in [1.54, 1.807) is 6.07 Å². The molecule has 9 heteroatoms. The molecular weight excluding hydrogens is 379 g/mol. The number of benzene rings is 2. The molecule has 2 rings (SSSR count). The van der Waals surface area contributed by atoms with Gasteiger partial charge in [0.1, 0.15) is 23.9 Å². The summed E-state index contributed by atoms with van der Waals surface area (Å²) in [5.41, 5.74) is -0.876. The molecule has 0 aliphatic rings. The van der Waals surface area contributed by atoms with Gasteiger partial charge in [0.15, 0.2) is 0 Å². The molecule has 2 aromatic carbocycles. The van der Waals surface area contributed by atoms with E-state index in [0.717, 1.165) is 18.2 Å². The zero-order valence-corrected chi connectivity index (χ0v) is 15.6. The second-order valence-electron chi connectivity index (χ2n) is 5.61. The van der Waals surface area contributed by atoms with Crippen LogP contribution in [0.5, 0.6) is 17.2 Å². The lowest BCUT2D eigenvalue weighted by Crippen LogP contribution is -2.15. The van der Waals surface area contributed by atoms with Gasteiger partial charge in [-0.05, 0) is 30.3 Å². The summed E-state index contributed by atoms with van der Waals surface area (Å²) in [5, 5.41) is 2.45. The largest absolute Gasteiger partial charge is 0.497 e. The van der Waals surface area contributed by atoms with Gasteiger partial charge in [0.05, 0.1) is 32.1 Å². The summed E-state index contributed by atoms with van der Waals surface area (Å²) in [6, 6.07) is 7.30. The molecule has 1 amide bonds. The second kappa shape index (κ2) is 9.32. The Morgan fingerprint density at radius 1 is 0.964 bits per heavy atom. The van der Waals surface area contributed by atoms with Crippen LogP contribution in [0.2, 0.25) is 0 Å². The molecule has 2 aromatic rings. The van der Waals surface area contributed by atoms with Crippen molar-refractivity contribution in [3.8, 4) is 17.2 Å². The van der Waals surface area contributed by atoms with E-state index < -0.39 is 17.6 Å². The number of anilines is 1. The van der Waals surface area contributed by atoms with Gasteiger partial charge < -0.3 is 24.3 Å². The van der Waals surface area contributed by atoms with Gasteiger partial charge in [0, 0.05) is 18.7 Å². The maximum atomic E-state index is 13.1. The zero-order chi connectivity index (χ0) is 20.7. The van der Waals surface area contributed by atoms with Crippen LogP contribution >= 0.6 is 0 Å². The summed E-state index contributed by atoms with van der Waals surface area (Å²) < 4.78 is 59.7. The number of halogens is 3. The summed E-state index contributed by atoms with van der Waals surface area (Å²) in [6.45, 7) is 0.346. The Bertz CT molecular complexity index is 801. The summed E-state index contributed by atoms with van der Waals surface area (Å²) in [6.07, 6.45) is -4.57. The molecule has 0 saturated heterocycles. The standard InChI is InChI=1S/C19H20F3NO5/c1-25-6-7-28-17-5-4-13(19(20,21)22)10-16(17)23-18(24)12-8-14(26-2)11-15(9-12)27-3/h4-5,8-11H,6-7H2,1-3H3,(H,23,24). The fraction of sp³-hybridized carbons (Fsp3) is 0.316. The number of carbonyl (C=O) groups excluding carboxylic acids is 1. The minimum atomic E-state index is -4.57. The van der Waals surface area contributed by atoms with Gasteiger partial charge in [0.2, 0.25) is 0 Å². The number of hydrogen-bond donors (Lipinski definition) is 1. The van der Waals surface area contributed by atoms with Gasteiger partial charge in [0.25, 0.3) is 5.91 Å². The number of alkyl halides is 3. The Labute approximate surface area is 160 Å². The maximum absolute atomic E-state index is 13.1.